The van der Waals surface area contributed by atoms with Gasteiger partial charge in [-0.3, -0.25) is 14.6 Å². The van der Waals surface area contributed by atoms with Gasteiger partial charge in [-0.15, -0.1) is 0 Å². The highest BCUT2D eigenvalue weighted by molar-refractivity contribution is 5.76. The summed E-state index contributed by atoms with van der Waals surface area (Å²) in [7, 11) is 3.63. The lowest BCUT2D eigenvalue weighted by molar-refractivity contribution is -0.130. The van der Waals surface area contributed by atoms with Gasteiger partial charge in [0.1, 0.15) is 0 Å². The summed E-state index contributed by atoms with van der Waals surface area (Å²) in [4.78, 5) is 18.7. The number of hydrogen-bond donors (Lipinski definition) is 1. The molecule has 0 bridgehead atoms. The Morgan fingerprint density at radius 1 is 1.42 bits per heavy atom. The first-order chi connectivity index (χ1) is 9.02. The van der Waals surface area contributed by atoms with Crippen LogP contribution in [0, 0.1) is 0 Å². The maximum Gasteiger partial charge on any atom is 0.223 e. The van der Waals surface area contributed by atoms with E-state index in [1.54, 1.807) is 4.90 Å². The summed E-state index contributed by atoms with van der Waals surface area (Å²) in [6.07, 6.45) is 3.15. The molecule has 2 rings (SSSR count). The van der Waals surface area contributed by atoms with Crippen LogP contribution in [-0.2, 0) is 4.79 Å². The molecule has 0 radical (unpaired) electrons. The fourth-order valence-corrected chi connectivity index (χ4v) is 3.44. The van der Waals surface area contributed by atoms with E-state index in [2.05, 4.69) is 16.7 Å². The van der Waals surface area contributed by atoms with Crippen LogP contribution in [0.3, 0.4) is 0 Å². The zero-order valence-corrected chi connectivity index (χ0v) is 12.5. The molecule has 2 fully saturated rings. The predicted octanol–water partition coefficient (Wildman–Crippen LogP) is -0.0395. The van der Waals surface area contributed by atoms with Crippen LogP contribution in [0.25, 0.3) is 0 Å². The average Bonchev–Trinajstić information content (AvgIpc) is 2.81. The molecule has 0 saturated carbocycles. The summed E-state index contributed by atoms with van der Waals surface area (Å²) in [6.45, 7) is 6.27. The molecule has 0 aromatic carbocycles. The van der Waals surface area contributed by atoms with E-state index in [0.29, 0.717) is 25.0 Å². The summed E-state index contributed by atoms with van der Waals surface area (Å²) in [5.74, 6) is 0.177. The van der Waals surface area contributed by atoms with Gasteiger partial charge in [-0.25, -0.2) is 0 Å². The lowest BCUT2D eigenvalue weighted by atomic mass is 10.0. The summed E-state index contributed by atoms with van der Waals surface area (Å²) < 4.78 is 0. The molecule has 0 aliphatic carbocycles. The van der Waals surface area contributed by atoms with Crippen LogP contribution < -0.4 is 5.73 Å². The molecular weight excluding hydrogens is 240 g/mol. The van der Waals surface area contributed by atoms with Crippen LogP contribution in [0.1, 0.15) is 26.2 Å². The zero-order valence-electron chi connectivity index (χ0n) is 12.5. The number of fused-ring (bicyclic) bond motifs is 1. The number of hydrogen-bond acceptors (Lipinski definition) is 4. The van der Waals surface area contributed by atoms with Gasteiger partial charge >= 0.3 is 0 Å². The van der Waals surface area contributed by atoms with Gasteiger partial charge in [0, 0.05) is 58.3 Å². The molecule has 3 atom stereocenters. The maximum atomic E-state index is 11.9. The van der Waals surface area contributed by atoms with E-state index in [1.807, 2.05) is 14.1 Å². The molecule has 1 amide bonds. The molecule has 2 N–H and O–H groups in total. The first-order valence-electron chi connectivity index (χ1n) is 7.43. The van der Waals surface area contributed by atoms with E-state index in [1.165, 1.54) is 19.4 Å². The number of nitrogens with zero attached hydrogens (tertiary/aromatic N) is 3. The van der Waals surface area contributed by atoms with Gasteiger partial charge in [0.15, 0.2) is 0 Å². The highest BCUT2D eigenvalue weighted by atomic mass is 16.2. The van der Waals surface area contributed by atoms with Crippen molar-refractivity contribution < 1.29 is 4.79 Å². The Morgan fingerprint density at radius 3 is 2.79 bits per heavy atom. The fourth-order valence-electron chi connectivity index (χ4n) is 3.44. The molecule has 5 nitrogen and oxygen atoms in total. The lowest BCUT2D eigenvalue weighted by Gasteiger charge is -2.45. The summed E-state index contributed by atoms with van der Waals surface area (Å²) >= 11 is 0. The van der Waals surface area contributed by atoms with E-state index in [9.17, 15) is 4.79 Å². The van der Waals surface area contributed by atoms with E-state index in [0.717, 1.165) is 13.1 Å². The molecular formula is C14H28N4O. The molecule has 110 valence electrons. The standard InChI is InChI=1S/C14H28N4O/c1-11-9-17-6-4-5-12(17)10-18(11)13(8-15)7-14(19)16(2)3/h11-13H,4-10,15H2,1-3H3. The highest BCUT2D eigenvalue weighted by Gasteiger charge is 2.37. The van der Waals surface area contributed by atoms with Crippen LogP contribution in [0.2, 0.25) is 0 Å². The Labute approximate surface area is 116 Å². The maximum absolute atomic E-state index is 11.9. The Hall–Kier alpha value is -0.650. The minimum atomic E-state index is 0.177. The monoisotopic (exact) mass is 268 g/mol. The Morgan fingerprint density at radius 2 is 2.16 bits per heavy atom. The minimum absolute atomic E-state index is 0.177. The number of amides is 1. The van der Waals surface area contributed by atoms with Crippen LogP contribution in [0.15, 0.2) is 0 Å². The molecule has 5 heteroatoms. The van der Waals surface area contributed by atoms with Gasteiger partial charge in [0.2, 0.25) is 5.91 Å². The van der Waals surface area contributed by atoms with Gasteiger partial charge in [-0.05, 0) is 26.3 Å². The first-order valence-corrected chi connectivity index (χ1v) is 7.43. The van der Waals surface area contributed by atoms with Crippen LogP contribution >= 0.6 is 0 Å². The molecule has 0 aromatic rings. The van der Waals surface area contributed by atoms with Gasteiger partial charge in [-0.1, -0.05) is 0 Å². The zero-order chi connectivity index (χ0) is 14.0. The van der Waals surface area contributed by atoms with E-state index < -0.39 is 0 Å². The van der Waals surface area contributed by atoms with Crippen LogP contribution in [0.5, 0.6) is 0 Å². The normalized spacial score (nSPS) is 30.1. The smallest absolute Gasteiger partial charge is 0.223 e. The minimum Gasteiger partial charge on any atom is -0.349 e. The second-order valence-electron chi connectivity index (χ2n) is 6.22. The largest absolute Gasteiger partial charge is 0.349 e. The molecule has 2 aliphatic heterocycles. The topological polar surface area (TPSA) is 52.8 Å². The summed E-state index contributed by atoms with van der Waals surface area (Å²) in [6, 6.07) is 1.37. The van der Waals surface area contributed by atoms with E-state index >= 15 is 0 Å². The molecule has 2 heterocycles. The third-order valence-corrected chi connectivity index (χ3v) is 4.64. The number of carbonyl (C=O) groups is 1. The third kappa shape index (κ3) is 3.27. The molecule has 2 saturated heterocycles. The van der Waals surface area contributed by atoms with Crippen molar-refractivity contribution in [1.82, 2.24) is 14.7 Å². The Balaban J connectivity index is 1.99. The van der Waals surface area contributed by atoms with Crippen molar-refractivity contribution in [2.24, 2.45) is 5.73 Å². The van der Waals surface area contributed by atoms with Crippen molar-refractivity contribution in [1.29, 1.82) is 0 Å². The number of nitrogens with two attached hydrogens (primary N) is 1. The summed E-state index contributed by atoms with van der Waals surface area (Å²) in [5, 5.41) is 0. The quantitative estimate of drug-likeness (QED) is 0.777. The predicted molar refractivity (Wildman–Crippen MR) is 76.9 cm³/mol. The van der Waals surface area contributed by atoms with Crippen molar-refractivity contribution in [2.45, 2.75) is 44.3 Å². The van der Waals surface area contributed by atoms with Crippen LogP contribution in [0.4, 0.5) is 0 Å². The van der Waals surface area contributed by atoms with Crippen molar-refractivity contribution in [3.05, 3.63) is 0 Å². The SMILES string of the molecule is CC1CN2CCCC2CN1C(CN)CC(=O)N(C)C. The van der Waals surface area contributed by atoms with Crippen molar-refractivity contribution in [2.75, 3.05) is 40.3 Å². The second kappa shape index (κ2) is 6.20. The molecule has 2 aliphatic rings. The lowest BCUT2D eigenvalue weighted by Crippen LogP contribution is -2.60. The van der Waals surface area contributed by atoms with Crippen LogP contribution in [-0.4, -0.2) is 79.0 Å². The fraction of sp³-hybridized carbons (Fsp3) is 0.929. The van der Waals surface area contributed by atoms with Crippen molar-refractivity contribution in [3.63, 3.8) is 0 Å². The summed E-state index contributed by atoms with van der Waals surface area (Å²) in [5.41, 5.74) is 5.93. The first kappa shape index (κ1) is 14.8. The van der Waals surface area contributed by atoms with Gasteiger partial charge < -0.3 is 10.6 Å². The highest BCUT2D eigenvalue weighted by Crippen LogP contribution is 2.26. The van der Waals surface area contributed by atoms with Gasteiger partial charge in [0.25, 0.3) is 0 Å². The van der Waals surface area contributed by atoms with Gasteiger partial charge in [-0.2, -0.15) is 0 Å². The molecule has 3 unspecified atom stereocenters. The Bertz CT molecular complexity index is 321. The van der Waals surface area contributed by atoms with Crippen molar-refractivity contribution in [3.8, 4) is 0 Å². The Kier molecular flexibility index (Phi) is 4.81. The van der Waals surface area contributed by atoms with Gasteiger partial charge in [0.05, 0.1) is 0 Å². The van der Waals surface area contributed by atoms with E-state index in [-0.39, 0.29) is 11.9 Å². The number of carbonyl (C=O) groups excluding carboxylic acids is 1. The van der Waals surface area contributed by atoms with Crippen molar-refractivity contribution >= 4 is 5.91 Å². The molecule has 19 heavy (non-hydrogen) atoms. The third-order valence-electron chi connectivity index (χ3n) is 4.64. The van der Waals surface area contributed by atoms with E-state index in [4.69, 9.17) is 5.73 Å². The number of rotatable bonds is 4. The second-order valence-corrected chi connectivity index (χ2v) is 6.22. The molecule has 0 aromatic heterocycles. The number of piperazine rings is 1. The average molecular weight is 268 g/mol. The molecule has 0 spiro atoms.